The van der Waals surface area contributed by atoms with Crippen LogP contribution in [0, 0.1) is 11.3 Å². The van der Waals surface area contributed by atoms with Gasteiger partial charge < -0.3 is 5.11 Å². The minimum absolute atomic E-state index is 0.00650. The molecule has 4 nitrogen and oxygen atoms in total. The zero-order chi connectivity index (χ0) is 8.10. The van der Waals surface area contributed by atoms with Gasteiger partial charge in [-0.25, -0.2) is 0 Å². The minimum atomic E-state index is 0.00650. The Balaban J connectivity index is 2.53. The first-order chi connectivity index (χ1) is 5.36. The van der Waals surface area contributed by atoms with Gasteiger partial charge in [0.15, 0.2) is 0 Å². The van der Waals surface area contributed by atoms with Gasteiger partial charge in [0.1, 0.15) is 0 Å². The Morgan fingerprint density at radius 3 is 3.09 bits per heavy atom. The zero-order valence-corrected chi connectivity index (χ0v) is 6.06. The van der Waals surface area contributed by atoms with Crippen molar-refractivity contribution in [1.82, 2.24) is 9.78 Å². The number of hydrogen-bond acceptors (Lipinski definition) is 3. The van der Waals surface area contributed by atoms with Crippen LogP contribution in [-0.4, -0.2) is 14.9 Å². The van der Waals surface area contributed by atoms with Crippen molar-refractivity contribution < 1.29 is 5.11 Å². The maximum Gasteiger partial charge on any atom is 0.0712 e. The van der Waals surface area contributed by atoms with E-state index in [4.69, 9.17) is 10.4 Å². The first kappa shape index (κ1) is 7.76. The first-order valence-electron chi connectivity index (χ1n) is 3.36. The molecule has 0 aliphatic rings. The third-order valence-electron chi connectivity index (χ3n) is 1.32. The van der Waals surface area contributed by atoms with Crippen LogP contribution in [0.5, 0.6) is 0 Å². The van der Waals surface area contributed by atoms with Crippen molar-refractivity contribution in [1.29, 1.82) is 5.26 Å². The quantitative estimate of drug-likeness (QED) is 0.675. The van der Waals surface area contributed by atoms with Crippen molar-refractivity contribution in [2.45, 2.75) is 19.6 Å². The van der Waals surface area contributed by atoms with Crippen LogP contribution >= 0.6 is 0 Å². The summed E-state index contributed by atoms with van der Waals surface area (Å²) in [5, 5.41) is 20.8. The summed E-state index contributed by atoms with van der Waals surface area (Å²) in [5.74, 6) is 0. The van der Waals surface area contributed by atoms with Gasteiger partial charge in [-0.05, 0) is 0 Å². The van der Waals surface area contributed by atoms with Gasteiger partial charge in [0.2, 0.25) is 0 Å². The average molecular weight is 151 g/mol. The van der Waals surface area contributed by atoms with E-state index in [0.29, 0.717) is 13.0 Å². The molecule has 0 aromatic carbocycles. The van der Waals surface area contributed by atoms with Crippen LogP contribution in [0.1, 0.15) is 12.0 Å². The van der Waals surface area contributed by atoms with Gasteiger partial charge >= 0.3 is 0 Å². The van der Waals surface area contributed by atoms with Crippen molar-refractivity contribution in [3.63, 3.8) is 0 Å². The fraction of sp³-hybridized carbons (Fsp3) is 0.429. The molecule has 0 aliphatic carbocycles. The highest BCUT2D eigenvalue weighted by molar-refractivity contribution is 5.01. The van der Waals surface area contributed by atoms with Crippen LogP contribution in [-0.2, 0) is 13.2 Å². The van der Waals surface area contributed by atoms with Crippen molar-refractivity contribution in [3.8, 4) is 6.07 Å². The highest BCUT2D eigenvalue weighted by Crippen LogP contribution is 1.97. The predicted molar refractivity (Wildman–Crippen MR) is 38.4 cm³/mol. The second-order valence-electron chi connectivity index (χ2n) is 2.18. The predicted octanol–water partition coefficient (Wildman–Crippen LogP) is 0.289. The molecule has 1 aromatic rings. The summed E-state index contributed by atoms with van der Waals surface area (Å²) in [6.45, 7) is 0.600. The second-order valence-corrected chi connectivity index (χ2v) is 2.18. The van der Waals surface area contributed by atoms with Gasteiger partial charge in [-0.3, -0.25) is 4.68 Å². The molecular formula is C7H9N3O. The van der Waals surface area contributed by atoms with Gasteiger partial charge in [0.25, 0.3) is 0 Å². The molecule has 0 bridgehead atoms. The maximum atomic E-state index is 8.66. The van der Waals surface area contributed by atoms with E-state index in [1.807, 2.05) is 6.07 Å². The van der Waals surface area contributed by atoms with Crippen molar-refractivity contribution in [3.05, 3.63) is 18.0 Å². The molecule has 0 saturated heterocycles. The van der Waals surface area contributed by atoms with Gasteiger partial charge in [-0.1, -0.05) is 0 Å². The summed E-state index contributed by atoms with van der Waals surface area (Å²) in [5.41, 5.74) is 0.780. The Bertz CT molecular complexity index is 261. The van der Waals surface area contributed by atoms with Gasteiger partial charge in [0.05, 0.1) is 31.8 Å². The number of aromatic nitrogens is 2. The molecule has 0 spiro atoms. The molecule has 1 heterocycles. The number of nitrogens with zero attached hydrogens (tertiary/aromatic N) is 3. The maximum absolute atomic E-state index is 8.66. The summed E-state index contributed by atoms with van der Waals surface area (Å²) in [6, 6.07) is 2.02. The number of nitriles is 1. The van der Waals surface area contributed by atoms with Gasteiger partial charge in [-0.15, -0.1) is 0 Å². The normalized spacial score (nSPS) is 9.45. The van der Waals surface area contributed by atoms with Crippen LogP contribution in [0.2, 0.25) is 0 Å². The average Bonchev–Trinajstić information content (AvgIpc) is 2.48. The van der Waals surface area contributed by atoms with E-state index >= 15 is 0 Å². The van der Waals surface area contributed by atoms with Crippen LogP contribution in [0.4, 0.5) is 0 Å². The highest BCUT2D eigenvalue weighted by Gasteiger charge is 1.94. The first-order valence-corrected chi connectivity index (χ1v) is 3.36. The van der Waals surface area contributed by atoms with Crippen LogP contribution in [0.15, 0.2) is 12.4 Å². The number of rotatable bonds is 3. The van der Waals surface area contributed by atoms with Crippen molar-refractivity contribution in [2.24, 2.45) is 0 Å². The molecule has 0 amide bonds. The fourth-order valence-corrected chi connectivity index (χ4v) is 0.775. The van der Waals surface area contributed by atoms with Crippen LogP contribution in [0.25, 0.3) is 0 Å². The fourth-order valence-electron chi connectivity index (χ4n) is 0.775. The molecule has 0 saturated carbocycles. The number of aliphatic hydroxyl groups is 1. The SMILES string of the molecule is N#CCCn1cc(CO)cn1. The van der Waals surface area contributed by atoms with E-state index in [2.05, 4.69) is 5.10 Å². The molecule has 1 aromatic heterocycles. The van der Waals surface area contributed by atoms with Crippen LogP contribution in [0.3, 0.4) is 0 Å². The topological polar surface area (TPSA) is 61.8 Å². The Morgan fingerprint density at radius 1 is 1.73 bits per heavy atom. The number of aryl methyl sites for hydroxylation is 1. The smallest absolute Gasteiger partial charge is 0.0712 e. The number of aliphatic hydroxyl groups excluding tert-OH is 1. The molecule has 1 rings (SSSR count). The van der Waals surface area contributed by atoms with Crippen molar-refractivity contribution in [2.75, 3.05) is 0 Å². The summed E-state index contributed by atoms with van der Waals surface area (Å²) >= 11 is 0. The van der Waals surface area contributed by atoms with Gasteiger partial charge in [0, 0.05) is 11.8 Å². The van der Waals surface area contributed by atoms with Crippen LogP contribution < -0.4 is 0 Å². The summed E-state index contributed by atoms with van der Waals surface area (Å²) in [6.07, 6.45) is 3.78. The molecule has 1 N–H and O–H groups in total. The lowest BCUT2D eigenvalue weighted by Crippen LogP contribution is -1.96. The molecule has 0 aliphatic heterocycles. The summed E-state index contributed by atoms with van der Waals surface area (Å²) in [7, 11) is 0. The Morgan fingerprint density at radius 2 is 2.55 bits per heavy atom. The van der Waals surface area contributed by atoms with E-state index < -0.39 is 0 Å². The third kappa shape index (κ3) is 2.06. The zero-order valence-electron chi connectivity index (χ0n) is 6.06. The molecule has 58 valence electrons. The molecule has 0 fully saturated rings. The molecule has 11 heavy (non-hydrogen) atoms. The third-order valence-corrected chi connectivity index (χ3v) is 1.32. The van der Waals surface area contributed by atoms with Gasteiger partial charge in [-0.2, -0.15) is 10.4 Å². The minimum Gasteiger partial charge on any atom is -0.392 e. The van der Waals surface area contributed by atoms with E-state index in [1.165, 1.54) is 0 Å². The lowest BCUT2D eigenvalue weighted by atomic mass is 10.4. The van der Waals surface area contributed by atoms with E-state index in [9.17, 15) is 0 Å². The Kier molecular flexibility index (Phi) is 2.64. The lowest BCUT2D eigenvalue weighted by molar-refractivity contribution is 0.281. The largest absolute Gasteiger partial charge is 0.392 e. The molecule has 0 radical (unpaired) electrons. The number of hydrogen-bond donors (Lipinski definition) is 1. The highest BCUT2D eigenvalue weighted by atomic mass is 16.3. The van der Waals surface area contributed by atoms with E-state index in [-0.39, 0.29) is 6.61 Å². The molecule has 4 heteroatoms. The Labute approximate surface area is 64.7 Å². The second kappa shape index (κ2) is 3.74. The summed E-state index contributed by atoms with van der Waals surface area (Å²) in [4.78, 5) is 0. The monoisotopic (exact) mass is 151 g/mol. The lowest BCUT2D eigenvalue weighted by Gasteiger charge is -1.92. The Hall–Kier alpha value is -1.34. The molecular weight excluding hydrogens is 142 g/mol. The molecule has 0 atom stereocenters. The van der Waals surface area contributed by atoms with E-state index in [1.54, 1.807) is 17.1 Å². The molecule has 0 unspecified atom stereocenters. The standard InChI is InChI=1S/C7H9N3O/c8-2-1-3-10-5-7(6-11)4-9-10/h4-5,11H,1,3,6H2. The van der Waals surface area contributed by atoms with E-state index in [0.717, 1.165) is 5.56 Å². The summed E-state index contributed by atoms with van der Waals surface area (Å²) < 4.78 is 1.65. The van der Waals surface area contributed by atoms with Crippen molar-refractivity contribution >= 4 is 0 Å².